The molecule has 1 amide bonds. The number of aryl methyl sites for hydroxylation is 1. The fourth-order valence-corrected chi connectivity index (χ4v) is 4.37. The molecule has 0 atom stereocenters. The van der Waals surface area contributed by atoms with Gasteiger partial charge in [0, 0.05) is 28.7 Å². The molecule has 1 N–H and O–H groups in total. The molecule has 2 aromatic carbocycles. The second kappa shape index (κ2) is 8.70. The Balaban J connectivity index is 1.38. The molecule has 0 aliphatic carbocycles. The van der Waals surface area contributed by atoms with E-state index in [1.807, 2.05) is 55.5 Å². The Hall–Kier alpha value is -3.26. The van der Waals surface area contributed by atoms with Crippen molar-refractivity contribution in [1.29, 1.82) is 0 Å². The van der Waals surface area contributed by atoms with Crippen molar-refractivity contribution in [2.24, 2.45) is 0 Å². The third-order valence-corrected chi connectivity index (χ3v) is 6.34. The normalized spacial score (nSPS) is 13.4. The van der Waals surface area contributed by atoms with Gasteiger partial charge in [0.1, 0.15) is 5.82 Å². The maximum Gasteiger partial charge on any atom is 0.259 e. The van der Waals surface area contributed by atoms with Gasteiger partial charge < -0.3 is 9.88 Å². The maximum atomic E-state index is 13.0. The lowest BCUT2D eigenvalue weighted by Gasteiger charge is -2.10. The molecule has 1 aliphatic rings. The van der Waals surface area contributed by atoms with Crippen LogP contribution in [0.5, 0.6) is 0 Å². The Bertz CT molecular complexity index is 1270. The van der Waals surface area contributed by atoms with Crippen LogP contribution in [0.25, 0.3) is 17.1 Å². The van der Waals surface area contributed by atoms with Gasteiger partial charge in [-0.25, -0.2) is 4.68 Å². The van der Waals surface area contributed by atoms with E-state index >= 15 is 0 Å². The largest absolute Gasteiger partial charge is 0.322 e. The molecular weight excluding hydrogens is 468 g/mol. The van der Waals surface area contributed by atoms with E-state index in [0.717, 1.165) is 58.9 Å². The quantitative estimate of drug-likeness (QED) is 0.427. The molecule has 1 aliphatic heterocycles. The van der Waals surface area contributed by atoms with E-state index in [9.17, 15) is 4.79 Å². The van der Waals surface area contributed by atoms with Crippen LogP contribution < -0.4 is 5.32 Å². The molecule has 8 heteroatoms. The molecule has 4 aromatic rings. The van der Waals surface area contributed by atoms with Crippen LogP contribution in [-0.4, -0.2) is 30.5 Å². The van der Waals surface area contributed by atoms with E-state index < -0.39 is 0 Å². The van der Waals surface area contributed by atoms with Crippen molar-refractivity contribution < 1.29 is 4.79 Å². The van der Waals surface area contributed by atoms with E-state index in [4.69, 9.17) is 0 Å². The number of amides is 1. The minimum atomic E-state index is -0.192. The summed E-state index contributed by atoms with van der Waals surface area (Å²) in [6, 6.07) is 15.6. The number of rotatable bonds is 4. The first-order valence-corrected chi connectivity index (χ1v) is 11.5. The Morgan fingerprint density at radius 1 is 1.06 bits per heavy atom. The fourth-order valence-electron chi connectivity index (χ4n) is 4.11. The van der Waals surface area contributed by atoms with Gasteiger partial charge in [0.05, 0.1) is 23.1 Å². The van der Waals surface area contributed by atoms with E-state index in [-0.39, 0.29) is 5.91 Å². The molecule has 162 valence electrons. The SMILES string of the molecule is Cc1c(C(=O)Nc2cccc(-c3nnc4n3CCCCC4)c2)cnn1-c1ccc(Br)cc1. The Labute approximate surface area is 194 Å². The second-order valence-corrected chi connectivity index (χ2v) is 8.88. The van der Waals surface area contributed by atoms with Crippen LogP contribution in [0.1, 0.15) is 41.1 Å². The van der Waals surface area contributed by atoms with Gasteiger partial charge in [-0.1, -0.05) is 34.5 Å². The highest BCUT2D eigenvalue weighted by atomic mass is 79.9. The molecule has 0 radical (unpaired) electrons. The van der Waals surface area contributed by atoms with Gasteiger partial charge in [-0.05, 0) is 56.2 Å². The van der Waals surface area contributed by atoms with Crippen LogP contribution in [0, 0.1) is 6.92 Å². The number of hydrogen-bond donors (Lipinski definition) is 1. The molecule has 7 nitrogen and oxygen atoms in total. The smallest absolute Gasteiger partial charge is 0.259 e. The lowest BCUT2D eigenvalue weighted by atomic mass is 10.1. The van der Waals surface area contributed by atoms with Crippen molar-refractivity contribution in [3.05, 3.63) is 76.3 Å². The number of fused-ring (bicyclic) bond motifs is 1. The number of carbonyl (C=O) groups is 1. The Morgan fingerprint density at radius 3 is 2.75 bits per heavy atom. The third kappa shape index (κ3) is 3.98. The molecule has 0 unspecified atom stereocenters. The first kappa shape index (κ1) is 20.6. The van der Waals surface area contributed by atoms with Crippen LogP contribution >= 0.6 is 15.9 Å². The summed E-state index contributed by atoms with van der Waals surface area (Å²) < 4.78 is 4.97. The summed E-state index contributed by atoms with van der Waals surface area (Å²) in [4.78, 5) is 13.0. The minimum absolute atomic E-state index is 0.192. The summed E-state index contributed by atoms with van der Waals surface area (Å²) in [5.41, 5.74) is 3.89. The molecule has 0 bridgehead atoms. The zero-order valence-corrected chi connectivity index (χ0v) is 19.3. The summed E-state index contributed by atoms with van der Waals surface area (Å²) in [5, 5.41) is 16.2. The molecule has 0 spiro atoms. The van der Waals surface area contributed by atoms with Crippen LogP contribution in [-0.2, 0) is 13.0 Å². The van der Waals surface area contributed by atoms with Crippen molar-refractivity contribution in [3.63, 3.8) is 0 Å². The van der Waals surface area contributed by atoms with E-state index in [1.165, 1.54) is 6.42 Å². The molecule has 2 aromatic heterocycles. The number of halogens is 1. The number of hydrogen-bond acceptors (Lipinski definition) is 4. The summed E-state index contributed by atoms with van der Waals surface area (Å²) in [5.74, 6) is 1.71. The Morgan fingerprint density at radius 2 is 1.91 bits per heavy atom. The standard InChI is InChI=1S/C24H23BrN6O/c1-16-21(15-26-31(16)20-11-9-18(25)10-12-20)24(32)27-19-7-5-6-17(14-19)23-29-28-22-8-3-2-4-13-30(22)23/h5-7,9-12,14-15H,2-4,8,13H2,1H3,(H,27,32). The van der Waals surface area contributed by atoms with Crippen molar-refractivity contribution >= 4 is 27.5 Å². The monoisotopic (exact) mass is 490 g/mol. The lowest BCUT2D eigenvalue weighted by molar-refractivity contribution is 0.102. The van der Waals surface area contributed by atoms with Gasteiger partial charge in [-0.2, -0.15) is 5.10 Å². The van der Waals surface area contributed by atoms with Crippen molar-refractivity contribution in [2.45, 2.75) is 39.2 Å². The summed E-state index contributed by atoms with van der Waals surface area (Å²) in [6.45, 7) is 2.83. The zero-order valence-electron chi connectivity index (χ0n) is 17.8. The van der Waals surface area contributed by atoms with Crippen LogP contribution in [0.3, 0.4) is 0 Å². The summed E-state index contributed by atoms with van der Waals surface area (Å²) >= 11 is 3.44. The molecule has 0 fully saturated rings. The highest BCUT2D eigenvalue weighted by Gasteiger charge is 2.18. The predicted molar refractivity (Wildman–Crippen MR) is 127 cm³/mol. The van der Waals surface area contributed by atoms with Gasteiger partial charge in [-0.3, -0.25) is 4.79 Å². The average Bonchev–Trinajstić information content (AvgIpc) is 3.30. The van der Waals surface area contributed by atoms with Gasteiger partial charge in [0.15, 0.2) is 5.82 Å². The molecule has 0 saturated heterocycles. The Kier molecular flexibility index (Phi) is 5.61. The van der Waals surface area contributed by atoms with Gasteiger partial charge in [0.25, 0.3) is 5.91 Å². The number of aromatic nitrogens is 5. The van der Waals surface area contributed by atoms with Gasteiger partial charge >= 0.3 is 0 Å². The molecule has 32 heavy (non-hydrogen) atoms. The lowest BCUT2D eigenvalue weighted by Crippen LogP contribution is -2.13. The second-order valence-electron chi connectivity index (χ2n) is 7.97. The number of carbonyl (C=O) groups excluding carboxylic acids is 1. The molecule has 0 saturated carbocycles. The summed E-state index contributed by atoms with van der Waals surface area (Å²) in [6.07, 6.45) is 6.07. The van der Waals surface area contributed by atoms with Gasteiger partial charge in [0.2, 0.25) is 0 Å². The fraction of sp³-hybridized carbons (Fsp3) is 0.250. The van der Waals surface area contributed by atoms with E-state index in [0.29, 0.717) is 11.3 Å². The molecular formula is C24H23BrN6O. The molecule has 3 heterocycles. The van der Waals surface area contributed by atoms with Crippen molar-refractivity contribution in [3.8, 4) is 17.1 Å². The number of nitrogens with one attached hydrogen (secondary N) is 1. The van der Waals surface area contributed by atoms with Crippen LogP contribution in [0.4, 0.5) is 5.69 Å². The van der Waals surface area contributed by atoms with Crippen molar-refractivity contribution in [2.75, 3.05) is 5.32 Å². The topological polar surface area (TPSA) is 77.6 Å². The first-order valence-electron chi connectivity index (χ1n) is 10.7. The number of anilines is 1. The summed E-state index contributed by atoms with van der Waals surface area (Å²) in [7, 11) is 0. The number of benzene rings is 2. The van der Waals surface area contributed by atoms with Crippen LogP contribution in [0.15, 0.2) is 59.2 Å². The third-order valence-electron chi connectivity index (χ3n) is 5.81. The van der Waals surface area contributed by atoms with E-state index in [1.54, 1.807) is 10.9 Å². The van der Waals surface area contributed by atoms with E-state index in [2.05, 4.69) is 41.1 Å². The predicted octanol–water partition coefficient (Wildman–Crippen LogP) is 5.18. The maximum absolute atomic E-state index is 13.0. The minimum Gasteiger partial charge on any atom is -0.322 e. The highest BCUT2D eigenvalue weighted by molar-refractivity contribution is 9.10. The first-order chi connectivity index (χ1) is 15.6. The van der Waals surface area contributed by atoms with Crippen molar-refractivity contribution in [1.82, 2.24) is 24.5 Å². The average molecular weight is 491 g/mol. The van der Waals surface area contributed by atoms with Gasteiger partial charge in [-0.15, -0.1) is 10.2 Å². The number of nitrogens with zero attached hydrogens (tertiary/aromatic N) is 5. The molecule has 5 rings (SSSR count). The zero-order chi connectivity index (χ0) is 22.1. The van der Waals surface area contributed by atoms with Crippen LogP contribution in [0.2, 0.25) is 0 Å². The highest BCUT2D eigenvalue weighted by Crippen LogP contribution is 2.25.